The van der Waals surface area contributed by atoms with E-state index in [9.17, 15) is 4.79 Å². The van der Waals surface area contributed by atoms with E-state index < -0.39 is 6.10 Å². The Bertz CT molecular complexity index is 333. The highest BCUT2D eigenvalue weighted by molar-refractivity contribution is 5.87. The Morgan fingerprint density at radius 2 is 2.08 bits per heavy atom. The van der Waals surface area contributed by atoms with Gasteiger partial charge in [-0.15, -0.1) is 0 Å². The van der Waals surface area contributed by atoms with Crippen LogP contribution in [-0.2, 0) is 4.79 Å². The van der Waals surface area contributed by atoms with Crippen molar-refractivity contribution in [2.45, 2.75) is 6.10 Å². The first-order valence-electron chi connectivity index (χ1n) is 4.01. The number of benzene rings is 1. The summed E-state index contributed by atoms with van der Waals surface area (Å²) in [5, 5.41) is 0. The molecule has 0 aromatic heterocycles. The van der Waals surface area contributed by atoms with Gasteiger partial charge < -0.3 is 9.47 Å². The number of ether oxygens (including phenoxy) is 2. The van der Waals surface area contributed by atoms with Crippen molar-refractivity contribution < 1.29 is 14.3 Å². The Morgan fingerprint density at radius 1 is 1.38 bits per heavy atom. The van der Waals surface area contributed by atoms with E-state index in [1.807, 2.05) is 12.1 Å². The second kappa shape index (κ2) is 3.09. The maximum absolute atomic E-state index is 10.9. The van der Waals surface area contributed by atoms with Gasteiger partial charge in [-0.05, 0) is 12.1 Å². The maximum Gasteiger partial charge on any atom is 0.190 e. The molecular weight excluding hydrogens is 168 g/mol. The van der Waals surface area contributed by atoms with Gasteiger partial charge in [0.25, 0.3) is 0 Å². The van der Waals surface area contributed by atoms with E-state index in [1.165, 1.54) is 0 Å². The summed E-state index contributed by atoms with van der Waals surface area (Å²) in [7, 11) is 0. The van der Waals surface area contributed by atoms with E-state index in [0.717, 1.165) is 0 Å². The molecule has 2 rings (SSSR count). The molecule has 67 valence electrons. The van der Waals surface area contributed by atoms with Gasteiger partial charge in [0.2, 0.25) is 0 Å². The highest BCUT2D eigenvalue weighted by Crippen LogP contribution is 2.30. The molecule has 1 atom stereocenters. The fourth-order valence-corrected chi connectivity index (χ4v) is 1.18. The van der Waals surface area contributed by atoms with Crippen molar-refractivity contribution in [2.24, 2.45) is 0 Å². The highest BCUT2D eigenvalue weighted by atomic mass is 16.6. The summed E-state index contributed by atoms with van der Waals surface area (Å²) >= 11 is 0. The van der Waals surface area contributed by atoms with Crippen LogP contribution in [-0.4, -0.2) is 18.5 Å². The summed E-state index contributed by atoms with van der Waals surface area (Å²) in [6.07, 6.45) is -0.560. The molecule has 0 spiro atoms. The van der Waals surface area contributed by atoms with Crippen molar-refractivity contribution in [2.75, 3.05) is 6.61 Å². The molecule has 13 heavy (non-hydrogen) atoms. The Balaban J connectivity index is 2.24. The van der Waals surface area contributed by atoms with E-state index in [1.54, 1.807) is 12.1 Å². The minimum atomic E-state index is -0.560. The number of ketones is 1. The summed E-state index contributed by atoms with van der Waals surface area (Å²) in [5.74, 6) is 1.03. The quantitative estimate of drug-likeness (QED) is 0.647. The van der Waals surface area contributed by atoms with Crippen LogP contribution in [0.5, 0.6) is 11.5 Å². The summed E-state index contributed by atoms with van der Waals surface area (Å²) in [4.78, 5) is 10.9. The summed E-state index contributed by atoms with van der Waals surface area (Å²) in [5.41, 5.74) is 0. The summed E-state index contributed by atoms with van der Waals surface area (Å²) in [6.45, 7) is 3.54. The SMILES string of the molecule is [CH2]C(=O)C1COc2ccccc2O1. The molecule has 0 aliphatic carbocycles. The largest absolute Gasteiger partial charge is 0.485 e. The van der Waals surface area contributed by atoms with Gasteiger partial charge >= 0.3 is 0 Å². The third-order valence-electron chi connectivity index (χ3n) is 1.87. The summed E-state index contributed by atoms with van der Waals surface area (Å²) in [6, 6.07) is 7.26. The zero-order valence-corrected chi connectivity index (χ0v) is 7.03. The van der Waals surface area contributed by atoms with Crippen molar-refractivity contribution in [3.05, 3.63) is 31.2 Å². The zero-order chi connectivity index (χ0) is 9.26. The minimum Gasteiger partial charge on any atom is -0.485 e. The molecule has 1 radical (unpaired) electrons. The van der Waals surface area contributed by atoms with E-state index >= 15 is 0 Å². The van der Waals surface area contributed by atoms with Crippen molar-refractivity contribution >= 4 is 5.78 Å². The predicted octanol–water partition coefficient (Wildman–Crippen LogP) is 1.23. The molecule has 0 saturated carbocycles. The monoisotopic (exact) mass is 177 g/mol. The number of para-hydroxylation sites is 2. The van der Waals surface area contributed by atoms with Crippen LogP contribution in [0.3, 0.4) is 0 Å². The Morgan fingerprint density at radius 3 is 2.77 bits per heavy atom. The topological polar surface area (TPSA) is 35.5 Å². The molecule has 1 heterocycles. The standard InChI is InChI=1S/C10H9O3/c1-7(11)10-6-12-8-4-2-3-5-9(8)13-10/h2-5,10H,1,6H2. The van der Waals surface area contributed by atoms with Gasteiger partial charge in [-0.2, -0.15) is 0 Å². The number of carbonyl (C=O) groups is 1. The van der Waals surface area contributed by atoms with E-state index in [2.05, 4.69) is 6.92 Å². The summed E-state index contributed by atoms with van der Waals surface area (Å²) < 4.78 is 10.7. The van der Waals surface area contributed by atoms with Gasteiger partial charge in [-0.25, -0.2) is 0 Å². The molecular formula is C10H9O3. The fourth-order valence-electron chi connectivity index (χ4n) is 1.18. The van der Waals surface area contributed by atoms with Crippen molar-refractivity contribution in [1.82, 2.24) is 0 Å². The Hall–Kier alpha value is -1.51. The Labute approximate surface area is 76.3 Å². The Kier molecular flexibility index (Phi) is 1.93. The van der Waals surface area contributed by atoms with Gasteiger partial charge in [-0.1, -0.05) is 12.1 Å². The lowest BCUT2D eigenvalue weighted by molar-refractivity contribution is -0.123. The van der Waals surface area contributed by atoms with Crippen LogP contribution in [0.15, 0.2) is 24.3 Å². The lowest BCUT2D eigenvalue weighted by Crippen LogP contribution is -2.35. The predicted molar refractivity (Wildman–Crippen MR) is 46.7 cm³/mol. The lowest BCUT2D eigenvalue weighted by Gasteiger charge is -2.24. The van der Waals surface area contributed by atoms with Crippen molar-refractivity contribution in [3.63, 3.8) is 0 Å². The molecule has 0 bridgehead atoms. The van der Waals surface area contributed by atoms with Crippen LogP contribution in [0.2, 0.25) is 0 Å². The molecule has 1 unspecified atom stereocenters. The van der Waals surface area contributed by atoms with Crippen LogP contribution in [0.25, 0.3) is 0 Å². The number of fused-ring (bicyclic) bond motifs is 1. The van der Waals surface area contributed by atoms with Crippen molar-refractivity contribution in [3.8, 4) is 11.5 Å². The van der Waals surface area contributed by atoms with Crippen LogP contribution in [0, 0.1) is 6.92 Å². The minimum absolute atomic E-state index is 0.249. The number of Topliss-reactive ketones (excluding diaryl/α,β-unsaturated/α-hetero) is 1. The van der Waals surface area contributed by atoms with Crippen LogP contribution in [0.4, 0.5) is 0 Å². The van der Waals surface area contributed by atoms with Crippen LogP contribution >= 0.6 is 0 Å². The lowest BCUT2D eigenvalue weighted by atomic mass is 10.2. The average molecular weight is 177 g/mol. The first-order chi connectivity index (χ1) is 6.27. The van der Waals surface area contributed by atoms with Crippen molar-refractivity contribution in [1.29, 1.82) is 0 Å². The third kappa shape index (κ3) is 1.49. The number of hydrogen-bond acceptors (Lipinski definition) is 3. The number of rotatable bonds is 1. The first kappa shape index (κ1) is 8.10. The molecule has 0 amide bonds. The molecule has 0 fully saturated rings. The maximum atomic E-state index is 10.9. The number of carbonyl (C=O) groups excluding carboxylic acids is 1. The molecule has 1 aliphatic rings. The second-order valence-electron chi connectivity index (χ2n) is 2.83. The van der Waals surface area contributed by atoms with Gasteiger partial charge in [0.05, 0.1) is 0 Å². The molecule has 1 aromatic carbocycles. The fraction of sp³-hybridized carbons (Fsp3) is 0.200. The molecule has 1 aliphatic heterocycles. The second-order valence-corrected chi connectivity index (χ2v) is 2.83. The van der Waals surface area contributed by atoms with E-state index in [4.69, 9.17) is 9.47 Å². The smallest absolute Gasteiger partial charge is 0.190 e. The molecule has 3 heteroatoms. The zero-order valence-electron chi connectivity index (χ0n) is 7.03. The van der Waals surface area contributed by atoms with E-state index in [0.29, 0.717) is 11.5 Å². The normalized spacial score (nSPS) is 19.6. The van der Waals surface area contributed by atoms with Gasteiger partial charge in [-0.3, -0.25) is 4.79 Å². The third-order valence-corrected chi connectivity index (χ3v) is 1.87. The molecule has 1 aromatic rings. The van der Waals surface area contributed by atoms with Crippen LogP contribution < -0.4 is 9.47 Å². The van der Waals surface area contributed by atoms with Gasteiger partial charge in [0, 0.05) is 6.92 Å². The highest BCUT2D eigenvalue weighted by Gasteiger charge is 2.23. The molecule has 0 N–H and O–H groups in total. The number of hydrogen-bond donors (Lipinski definition) is 0. The molecule has 3 nitrogen and oxygen atoms in total. The first-order valence-corrected chi connectivity index (χ1v) is 4.01. The average Bonchev–Trinajstić information content (AvgIpc) is 2.17. The van der Waals surface area contributed by atoms with E-state index in [-0.39, 0.29) is 12.4 Å². The van der Waals surface area contributed by atoms with Crippen LogP contribution in [0.1, 0.15) is 0 Å². The molecule has 0 saturated heterocycles. The van der Waals surface area contributed by atoms with Gasteiger partial charge in [0.1, 0.15) is 6.61 Å². The van der Waals surface area contributed by atoms with Gasteiger partial charge in [0.15, 0.2) is 23.4 Å².